The van der Waals surface area contributed by atoms with Crippen LogP contribution in [-0.4, -0.2) is 16.0 Å². The summed E-state index contributed by atoms with van der Waals surface area (Å²) in [6, 6.07) is 0.427. The number of aromatic nitrogens is 2. The van der Waals surface area contributed by atoms with Gasteiger partial charge in [-0.1, -0.05) is 45.7 Å². The second-order valence-corrected chi connectivity index (χ2v) is 6.38. The van der Waals surface area contributed by atoms with Crippen LogP contribution in [0, 0.1) is 5.41 Å². The highest BCUT2D eigenvalue weighted by Crippen LogP contribution is 2.20. The Labute approximate surface area is 116 Å². The molecule has 104 valence electrons. The maximum absolute atomic E-state index is 6.14. The van der Waals surface area contributed by atoms with Crippen molar-refractivity contribution in [2.45, 2.75) is 66.5 Å². The van der Waals surface area contributed by atoms with Crippen LogP contribution < -0.4 is 5.32 Å². The Morgan fingerprint density at radius 3 is 2.61 bits per heavy atom. The average molecular weight is 272 g/mol. The van der Waals surface area contributed by atoms with Gasteiger partial charge in [0.15, 0.2) is 5.15 Å². The molecule has 0 radical (unpaired) electrons. The van der Waals surface area contributed by atoms with E-state index in [0.717, 1.165) is 30.9 Å². The second-order valence-electron chi connectivity index (χ2n) is 6.03. The Kier molecular flexibility index (Phi) is 5.67. The monoisotopic (exact) mass is 271 g/mol. The van der Waals surface area contributed by atoms with Crippen molar-refractivity contribution in [1.29, 1.82) is 0 Å². The first-order valence-electron chi connectivity index (χ1n) is 6.81. The van der Waals surface area contributed by atoms with Gasteiger partial charge in [0.25, 0.3) is 0 Å². The van der Waals surface area contributed by atoms with E-state index in [1.165, 1.54) is 6.42 Å². The van der Waals surface area contributed by atoms with Gasteiger partial charge in [-0.15, -0.1) is 0 Å². The van der Waals surface area contributed by atoms with Crippen LogP contribution in [0.1, 0.15) is 59.0 Å². The molecule has 1 rings (SSSR count). The summed E-state index contributed by atoms with van der Waals surface area (Å²) in [4.78, 5) is 7.68. The summed E-state index contributed by atoms with van der Waals surface area (Å²) < 4.78 is 0. The average Bonchev–Trinajstić information content (AvgIpc) is 2.62. The van der Waals surface area contributed by atoms with Gasteiger partial charge in [0.2, 0.25) is 0 Å². The Morgan fingerprint density at radius 1 is 1.39 bits per heavy atom. The van der Waals surface area contributed by atoms with Gasteiger partial charge in [0, 0.05) is 19.0 Å². The predicted molar refractivity (Wildman–Crippen MR) is 78.0 cm³/mol. The number of nitrogens with one attached hydrogen (secondary N) is 2. The molecule has 0 aliphatic rings. The van der Waals surface area contributed by atoms with Crippen LogP contribution >= 0.6 is 11.6 Å². The summed E-state index contributed by atoms with van der Waals surface area (Å²) in [6.45, 7) is 11.8. The Morgan fingerprint density at radius 2 is 2.06 bits per heavy atom. The number of hydrogen-bond donors (Lipinski definition) is 2. The highest BCUT2D eigenvalue weighted by Gasteiger charge is 2.20. The summed E-state index contributed by atoms with van der Waals surface area (Å²) in [5.74, 6) is 1.00. The molecule has 3 nitrogen and oxygen atoms in total. The lowest BCUT2D eigenvalue weighted by molar-refractivity contribution is 0.284. The largest absolute Gasteiger partial charge is 0.344 e. The number of H-pyrrole nitrogens is 1. The Balaban J connectivity index is 2.54. The molecule has 0 aliphatic heterocycles. The summed E-state index contributed by atoms with van der Waals surface area (Å²) in [5.41, 5.74) is 1.25. The number of rotatable bonds is 6. The van der Waals surface area contributed by atoms with Gasteiger partial charge in [-0.05, 0) is 18.8 Å². The van der Waals surface area contributed by atoms with Gasteiger partial charge in [-0.2, -0.15) is 0 Å². The summed E-state index contributed by atoms with van der Waals surface area (Å²) in [7, 11) is 0. The van der Waals surface area contributed by atoms with E-state index in [1.807, 2.05) is 0 Å². The lowest BCUT2D eigenvalue weighted by atomic mass is 9.88. The van der Waals surface area contributed by atoms with Crippen LogP contribution in [0.4, 0.5) is 0 Å². The quantitative estimate of drug-likeness (QED) is 0.823. The number of nitrogens with zero attached hydrogens (tertiary/aromatic N) is 1. The summed E-state index contributed by atoms with van der Waals surface area (Å²) in [5, 5.41) is 4.10. The molecule has 18 heavy (non-hydrogen) atoms. The number of aryl methyl sites for hydroxylation is 1. The zero-order valence-corrected chi connectivity index (χ0v) is 13.0. The fourth-order valence-electron chi connectivity index (χ4n) is 1.58. The molecule has 1 aromatic rings. The number of unbranched alkanes of at least 4 members (excludes halogenated alkanes) is 1. The first kappa shape index (κ1) is 15.5. The van der Waals surface area contributed by atoms with Gasteiger partial charge in [-0.3, -0.25) is 0 Å². The first-order chi connectivity index (χ1) is 8.34. The van der Waals surface area contributed by atoms with Crippen LogP contribution in [0.3, 0.4) is 0 Å². The van der Waals surface area contributed by atoms with Crippen molar-refractivity contribution in [2.75, 3.05) is 0 Å². The molecule has 0 bridgehead atoms. The molecular formula is C14H26ClN3. The molecule has 1 atom stereocenters. The smallest absolute Gasteiger partial charge is 0.151 e. The number of hydrogen-bond acceptors (Lipinski definition) is 2. The van der Waals surface area contributed by atoms with E-state index in [-0.39, 0.29) is 5.41 Å². The minimum atomic E-state index is 0.248. The molecule has 1 heterocycles. The standard InChI is InChI=1S/C14H26ClN3/c1-6-7-8-12-17-11(13(15)18-12)9-16-10(2)14(3,4)5/h10,16H,6-9H2,1-5H3,(H,17,18). The zero-order chi connectivity index (χ0) is 13.8. The molecule has 0 aromatic carbocycles. The third-order valence-corrected chi connectivity index (χ3v) is 3.74. The van der Waals surface area contributed by atoms with E-state index in [1.54, 1.807) is 0 Å². The highest BCUT2D eigenvalue weighted by molar-refractivity contribution is 6.30. The van der Waals surface area contributed by atoms with Crippen molar-refractivity contribution in [1.82, 2.24) is 15.3 Å². The lowest BCUT2D eigenvalue weighted by Crippen LogP contribution is -2.37. The minimum Gasteiger partial charge on any atom is -0.344 e. The summed E-state index contributed by atoms with van der Waals surface area (Å²) in [6.07, 6.45) is 3.30. The van der Waals surface area contributed by atoms with Crippen molar-refractivity contribution in [3.8, 4) is 0 Å². The molecule has 0 saturated heterocycles. The molecule has 0 spiro atoms. The lowest BCUT2D eigenvalue weighted by Gasteiger charge is -2.28. The fraction of sp³-hybridized carbons (Fsp3) is 0.786. The van der Waals surface area contributed by atoms with E-state index >= 15 is 0 Å². The van der Waals surface area contributed by atoms with Crippen molar-refractivity contribution < 1.29 is 0 Å². The normalized spacial score (nSPS) is 13.9. The van der Waals surface area contributed by atoms with Crippen LogP contribution in [0.25, 0.3) is 0 Å². The van der Waals surface area contributed by atoms with E-state index in [9.17, 15) is 0 Å². The van der Waals surface area contributed by atoms with Crippen molar-refractivity contribution in [3.05, 3.63) is 16.7 Å². The van der Waals surface area contributed by atoms with Crippen molar-refractivity contribution in [3.63, 3.8) is 0 Å². The van der Waals surface area contributed by atoms with E-state index in [2.05, 4.69) is 49.9 Å². The maximum atomic E-state index is 6.14. The van der Waals surface area contributed by atoms with Crippen molar-refractivity contribution >= 4 is 11.6 Å². The first-order valence-corrected chi connectivity index (χ1v) is 7.19. The van der Waals surface area contributed by atoms with Gasteiger partial charge in [-0.25, -0.2) is 4.98 Å². The van der Waals surface area contributed by atoms with E-state index in [0.29, 0.717) is 11.2 Å². The third kappa shape index (κ3) is 4.62. The molecule has 0 amide bonds. The van der Waals surface area contributed by atoms with E-state index < -0.39 is 0 Å². The molecule has 2 N–H and O–H groups in total. The predicted octanol–water partition coefficient (Wildman–Crippen LogP) is 3.93. The topological polar surface area (TPSA) is 40.7 Å². The van der Waals surface area contributed by atoms with E-state index in [4.69, 9.17) is 11.6 Å². The molecule has 0 saturated carbocycles. The van der Waals surface area contributed by atoms with Crippen LogP contribution in [0.15, 0.2) is 0 Å². The van der Waals surface area contributed by atoms with Gasteiger partial charge in [0.05, 0.1) is 5.69 Å². The molecular weight excluding hydrogens is 246 g/mol. The van der Waals surface area contributed by atoms with Gasteiger partial charge >= 0.3 is 0 Å². The van der Waals surface area contributed by atoms with Crippen LogP contribution in [0.2, 0.25) is 5.15 Å². The number of aromatic amines is 1. The fourth-order valence-corrected chi connectivity index (χ4v) is 1.80. The molecule has 0 fully saturated rings. The second kappa shape index (κ2) is 6.58. The highest BCUT2D eigenvalue weighted by atomic mass is 35.5. The van der Waals surface area contributed by atoms with Crippen LogP contribution in [0.5, 0.6) is 0 Å². The van der Waals surface area contributed by atoms with Crippen molar-refractivity contribution in [2.24, 2.45) is 5.41 Å². The Bertz CT molecular complexity index is 366. The maximum Gasteiger partial charge on any atom is 0.151 e. The number of halogens is 1. The molecule has 1 unspecified atom stereocenters. The third-order valence-electron chi connectivity index (χ3n) is 3.43. The molecule has 1 aromatic heterocycles. The zero-order valence-electron chi connectivity index (χ0n) is 12.2. The minimum absolute atomic E-state index is 0.248. The van der Waals surface area contributed by atoms with Crippen LogP contribution in [-0.2, 0) is 13.0 Å². The number of imidazole rings is 1. The van der Waals surface area contributed by atoms with Gasteiger partial charge in [0.1, 0.15) is 5.82 Å². The SMILES string of the molecule is CCCCc1nc(Cl)c(CNC(C)C(C)(C)C)[nH]1. The molecule has 0 aliphatic carbocycles. The molecule has 4 heteroatoms. The summed E-state index contributed by atoms with van der Waals surface area (Å²) >= 11 is 6.14. The Hall–Kier alpha value is -0.540. The van der Waals surface area contributed by atoms with Gasteiger partial charge < -0.3 is 10.3 Å².